The minimum atomic E-state index is -0.893. The first-order valence-electron chi connectivity index (χ1n) is 10.4. The van der Waals surface area contributed by atoms with Crippen LogP contribution in [0.5, 0.6) is 0 Å². The highest BCUT2D eigenvalue weighted by molar-refractivity contribution is 7.16. The molecule has 0 spiro atoms. The molecule has 1 aromatic rings. The van der Waals surface area contributed by atoms with Crippen molar-refractivity contribution in [1.29, 1.82) is 5.26 Å². The standard InChI is InChI=1S/C22H30N2O3S/c1-4-22(2,3)13-9-10-14-17(12-23)20(28-18(14)11-13)24-19(25)15-7-5-6-8-16(15)21(26)27/h13,15-16H,4-11H2,1-3H3,(H,24,25)(H,26,27)/t13-,15-,16-/m0/s1. The summed E-state index contributed by atoms with van der Waals surface area (Å²) in [4.78, 5) is 25.6. The van der Waals surface area contributed by atoms with Gasteiger partial charge in [-0.15, -0.1) is 11.3 Å². The number of nitriles is 1. The number of carbonyl (C=O) groups excluding carboxylic acids is 1. The predicted molar refractivity (Wildman–Crippen MR) is 110 cm³/mol. The maximum atomic E-state index is 12.9. The molecule has 0 aromatic carbocycles. The van der Waals surface area contributed by atoms with Crippen molar-refractivity contribution in [3.05, 3.63) is 16.0 Å². The van der Waals surface area contributed by atoms with Gasteiger partial charge in [-0.3, -0.25) is 9.59 Å². The Kier molecular flexibility index (Phi) is 6.14. The molecule has 1 saturated carbocycles. The van der Waals surface area contributed by atoms with Crippen molar-refractivity contribution in [2.45, 2.75) is 72.1 Å². The lowest BCUT2D eigenvalue weighted by Gasteiger charge is -2.36. The van der Waals surface area contributed by atoms with Gasteiger partial charge in [-0.05, 0) is 49.0 Å². The lowest BCUT2D eigenvalue weighted by Crippen LogP contribution is -2.36. The topological polar surface area (TPSA) is 90.2 Å². The summed E-state index contributed by atoms with van der Waals surface area (Å²) < 4.78 is 0. The van der Waals surface area contributed by atoms with Crippen LogP contribution >= 0.6 is 11.3 Å². The molecule has 1 aromatic heterocycles. The van der Waals surface area contributed by atoms with E-state index in [1.165, 1.54) is 16.2 Å². The van der Waals surface area contributed by atoms with E-state index in [9.17, 15) is 20.0 Å². The van der Waals surface area contributed by atoms with Crippen LogP contribution < -0.4 is 5.32 Å². The number of carboxylic acid groups (broad SMARTS) is 1. The fraction of sp³-hybridized carbons (Fsp3) is 0.682. The molecule has 1 fully saturated rings. The van der Waals surface area contributed by atoms with Gasteiger partial charge in [0.1, 0.15) is 11.1 Å². The molecule has 0 bridgehead atoms. The van der Waals surface area contributed by atoms with Crippen LogP contribution in [0.3, 0.4) is 0 Å². The third kappa shape index (κ3) is 3.96. The number of hydrogen-bond acceptors (Lipinski definition) is 4. The van der Waals surface area contributed by atoms with Crippen LogP contribution in [0.2, 0.25) is 0 Å². The molecule has 6 heteroatoms. The fourth-order valence-electron chi connectivity index (χ4n) is 4.69. The fourth-order valence-corrected chi connectivity index (χ4v) is 5.97. The van der Waals surface area contributed by atoms with Gasteiger partial charge < -0.3 is 10.4 Å². The Bertz CT molecular complexity index is 805. The van der Waals surface area contributed by atoms with Crippen LogP contribution in [0, 0.1) is 34.5 Å². The highest BCUT2D eigenvalue weighted by Gasteiger charge is 2.37. The van der Waals surface area contributed by atoms with Gasteiger partial charge in [0.15, 0.2) is 0 Å². The number of carbonyl (C=O) groups is 2. The van der Waals surface area contributed by atoms with E-state index >= 15 is 0 Å². The Morgan fingerprint density at radius 2 is 1.93 bits per heavy atom. The van der Waals surface area contributed by atoms with Gasteiger partial charge in [-0.1, -0.05) is 40.0 Å². The predicted octanol–water partition coefficient (Wildman–Crippen LogP) is 4.99. The molecule has 0 aliphatic heterocycles. The lowest BCUT2D eigenvalue weighted by molar-refractivity contribution is -0.147. The van der Waals surface area contributed by atoms with Crippen molar-refractivity contribution in [2.24, 2.45) is 23.2 Å². The third-order valence-corrected chi connectivity index (χ3v) is 8.22. The van der Waals surface area contributed by atoms with Crippen molar-refractivity contribution in [1.82, 2.24) is 0 Å². The number of aliphatic carboxylic acids is 1. The summed E-state index contributed by atoms with van der Waals surface area (Å²) in [6, 6.07) is 2.29. The Hall–Kier alpha value is -1.87. The van der Waals surface area contributed by atoms with Crippen LogP contribution in [0.15, 0.2) is 0 Å². The van der Waals surface area contributed by atoms with Gasteiger partial charge in [0.25, 0.3) is 0 Å². The van der Waals surface area contributed by atoms with Crippen LogP contribution in [0.1, 0.15) is 75.3 Å². The Morgan fingerprint density at radius 3 is 2.54 bits per heavy atom. The number of nitrogens with one attached hydrogen (secondary N) is 1. The first-order valence-corrected chi connectivity index (χ1v) is 11.2. The maximum Gasteiger partial charge on any atom is 0.307 e. The van der Waals surface area contributed by atoms with Crippen molar-refractivity contribution in [3.63, 3.8) is 0 Å². The highest BCUT2D eigenvalue weighted by Crippen LogP contribution is 2.45. The first kappa shape index (κ1) is 20.9. The zero-order valence-corrected chi connectivity index (χ0v) is 17.8. The van der Waals surface area contributed by atoms with Crippen LogP contribution in [0.4, 0.5) is 5.00 Å². The van der Waals surface area contributed by atoms with Gasteiger partial charge >= 0.3 is 5.97 Å². The molecule has 1 heterocycles. The van der Waals surface area contributed by atoms with E-state index in [-0.39, 0.29) is 11.3 Å². The molecule has 28 heavy (non-hydrogen) atoms. The quantitative estimate of drug-likeness (QED) is 0.726. The molecule has 0 unspecified atom stereocenters. The zero-order valence-electron chi connectivity index (χ0n) is 17.0. The summed E-state index contributed by atoms with van der Waals surface area (Å²) in [5.74, 6) is -1.69. The summed E-state index contributed by atoms with van der Waals surface area (Å²) in [6.45, 7) is 6.83. The molecule has 5 nitrogen and oxygen atoms in total. The van der Waals surface area contributed by atoms with E-state index in [4.69, 9.17) is 0 Å². The van der Waals surface area contributed by atoms with Crippen LogP contribution in [-0.4, -0.2) is 17.0 Å². The Labute approximate surface area is 171 Å². The molecule has 2 aliphatic rings. The van der Waals surface area contributed by atoms with E-state index < -0.39 is 17.8 Å². The molecule has 152 valence electrons. The minimum absolute atomic E-state index is 0.243. The zero-order chi connectivity index (χ0) is 20.5. The van der Waals surface area contributed by atoms with Crippen LogP contribution in [0.25, 0.3) is 0 Å². The first-order chi connectivity index (χ1) is 13.3. The average Bonchev–Trinajstić information content (AvgIpc) is 3.03. The lowest BCUT2D eigenvalue weighted by atomic mass is 9.69. The van der Waals surface area contributed by atoms with E-state index in [0.717, 1.165) is 44.1 Å². The molecule has 2 aliphatic carbocycles. The molecule has 1 amide bonds. The van der Waals surface area contributed by atoms with E-state index in [1.54, 1.807) is 0 Å². The van der Waals surface area contributed by atoms with Crippen molar-refractivity contribution in [3.8, 4) is 6.07 Å². The van der Waals surface area contributed by atoms with E-state index in [0.29, 0.717) is 29.3 Å². The summed E-state index contributed by atoms with van der Waals surface area (Å²) >= 11 is 1.52. The second-order valence-corrected chi connectivity index (χ2v) is 10.0. The molecule has 2 N–H and O–H groups in total. The van der Waals surface area contributed by atoms with Crippen molar-refractivity contribution in [2.75, 3.05) is 5.32 Å². The maximum absolute atomic E-state index is 12.9. The normalized spacial score (nSPS) is 24.9. The van der Waals surface area contributed by atoms with Crippen molar-refractivity contribution < 1.29 is 14.7 Å². The van der Waals surface area contributed by atoms with E-state index in [2.05, 4.69) is 32.2 Å². The van der Waals surface area contributed by atoms with E-state index in [1.807, 2.05) is 0 Å². The highest BCUT2D eigenvalue weighted by atomic mass is 32.1. The van der Waals surface area contributed by atoms with Gasteiger partial charge in [-0.25, -0.2) is 0 Å². The Balaban J connectivity index is 1.81. The number of rotatable bonds is 5. The SMILES string of the molecule is CCC(C)(C)[C@H]1CCc2c(sc(NC(=O)[C@H]3CCCC[C@@H]3C(=O)O)c2C#N)C1. The van der Waals surface area contributed by atoms with Gasteiger partial charge in [0.05, 0.1) is 17.4 Å². The molecule has 3 rings (SSSR count). The Morgan fingerprint density at radius 1 is 1.25 bits per heavy atom. The smallest absolute Gasteiger partial charge is 0.307 e. The number of hydrogen-bond donors (Lipinski definition) is 2. The molecule has 3 atom stereocenters. The largest absolute Gasteiger partial charge is 0.481 e. The number of nitrogens with zero attached hydrogens (tertiary/aromatic N) is 1. The number of thiophene rings is 1. The van der Waals surface area contributed by atoms with Crippen molar-refractivity contribution >= 4 is 28.2 Å². The summed E-state index contributed by atoms with van der Waals surface area (Å²) in [6.07, 6.45) is 6.89. The average molecular weight is 403 g/mol. The van der Waals surface area contributed by atoms with Gasteiger partial charge in [0, 0.05) is 4.88 Å². The molecule has 0 saturated heterocycles. The monoisotopic (exact) mass is 402 g/mol. The molecule has 0 radical (unpaired) electrons. The summed E-state index contributed by atoms with van der Waals surface area (Å²) in [5.41, 5.74) is 1.93. The molecular formula is C22H30N2O3S. The molecular weight excluding hydrogens is 372 g/mol. The van der Waals surface area contributed by atoms with Gasteiger partial charge in [-0.2, -0.15) is 5.26 Å². The summed E-state index contributed by atoms with van der Waals surface area (Å²) in [7, 11) is 0. The number of fused-ring (bicyclic) bond motifs is 1. The number of amides is 1. The second kappa shape index (κ2) is 8.24. The number of carboxylic acids is 1. The third-order valence-electron chi connectivity index (χ3n) is 7.05. The van der Waals surface area contributed by atoms with Gasteiger partial charge in [0.2, 0.25) is 5.91 Å². The minimum Gasteiger partial charge on any atom is -0.481 e. The van der Waals surface area contributed by atoms with Crippen LogP contribution in [-0.2, 0) is 22.4 Å². The number of anilines is 1. The second-order valence-electron chi connectivity index (χ2n) is 8.93. The summed E-state index contributed by atoms with van der Waals surface area (Å²) in [5, 5.41) is 22.7.